The molecule has 0 fully saturated rings. The molecule has 0 nitrogen and oxygen atoms in total. The van der Waals surface area contributed by atoms with Crippen LogP contribution < -0.4 is 0 Å². The minimum atomic E-state index is 0. The number of rotatable bonds is 0. The highest BCUT2D eigenvalue weighted by molar-refractivity contribution is 7.15. The van der Waals surface area contributed by atoms with Gasteiger partial charge in [0.15, 0.2) is 0 Å². The Morgan fingerprint density at radius 3 is 1.33 bits per heavy atom. The van der Waals surface area contributed by atoms with E-state index in [1.54, 1.807) is 0 Å². The maximum absolute atomic E-state index is 6.17. The third-order valence-electron chi connectivity index (χ3n) is 0. The molecule has 46 valence electrons. The van der Waals surface area contributed by atoms with Gasteiger partial charge in [-0.3, -0.25) is 0 Å². The molecule has 0 spiro atoms. The van der Waals surface area contributed by atoms with Gasteiger partial charge in [0.2, 0.25) is 0 Å². The van der Waals surface area contributed by atoms with Crippen LogP contribution in [0.5, 0.6) is 0 Å². The topological polar surface area (TPSA) is 0 Å². The summed E-state index contributed by atoms with van der Waals surface area (Å²) in [5.74, 6) is 0. The standard InChI is InChI=1S/CH5P.CH4.3H3P/c1-2;;;;/h2H2,1H3;1H4;3*1H3/i1T;;;;. The van der Waals surface area contributed by atoms with Crippen molar-refractivity contribution in [1.29, 1.82) is 0 Å². The predicted octanol–water partition coefficient (Wildman–Crippen LogP) is 1.30. The zero-order valence-electron chi connectivity index (χ0n) is 4.41. The minimum absolute atomic E-state index is 0. The van der Waals surface area contributed by atoms with Crippen LogP contribution in [0.2, 0.25) is 0 Å². The van der Waals surface area contributed by atoms with Gasteiger partial charge in [-0.1, -0.05) is 14.1 Å². The lowest BCUT2D eigenvalue weighted by Gasteiger charge is -1.10. The molecule has 4 atom stereocenters. The molecule has 0 heterocycles. The maximum atomic E-state index is 6.17. The SMILES string of the molecule is C.P.P.P.[3H]CP. The van der Waals surface area contributed by atoms with Crippen LogP contribution in [0.25, 0.3) is 0 Å². The van der Waals surface area contributed by atoms with E-state index in [1.807, 2.05) is 0 Å². The van der Waals surface area contributed by atoms with E-state index in [1.165, 1.54) is 0 Å². The molecule has 0 amide bonds. The minimum Gasteiger partial charge on any atom is -0.153 e. The summed E-state index contributed by atoms with van der Waals surface area (Å²) in [5, 5.41) is 0. The molecular formula is C2H18P4. The van der Waals surface area contributed by atoms with Crippen molar-refractivity contribution in [3.63, 3.8) is 0 Å². The zero-order chi connectivity index (χ0) is 2.71. The molecule has 0 aliphatic rings. The van der Waals surface area contributed by atoms with E-state index in [9.17, 15) is 0 Å². The van der Waals surface area contributed by atoms with Crippen molar-refractivity contribution in [2.75, 3.05) is 6.64 Å². The fourth-order valence-corrected chi connectivity index (χ4v) is 0. The zero-order valence-corrected chi connectivity index (χ0v) is 8.80. The van der Waals surface area contributed by atoms with Crippen LogP contribution in [0.3, 0.4) is 0 Å². The van der Waals surface area contributed by atoms with Crippen molar-refractivity contribution in [2.24, 2.45) is 0 Å². The Bertz CT molecular complexity index is 9.65. The first-order valence-corrected chi connectivity index (χ1v) is 1.22. The van der Waals surface area contributed by atoms with Gasteiger partial charge in [-0.25, -0.2) is 0 Å². The second kappa shape index (κ2) is 74.3. The molecule has 6 heavy (non-hydrogen) atoms. The van der Waals surface area contributed by atoms with Crippen molar-refractivity contribution in [2.45, 2.75) is 7.43 Å². The smallest absolute Gasteiger partial charge is 0.0274 e. The van der Waals surface area contributed by atoms with Crippen LogP contribution in [0.15, 0.2) is 0 Å². The Kier molecular flexibility index (Phi) is 312. The molecule has 0 radical (unpaired) electrons. The molecule has 4 heteroatoms. The average molecular weight is 168 g/mol. The number of hydrogen-bond acceptors (Lipinski definition) is 0. The third kappa shape index (κ3) is 43.1. The van der Waals surface area contributed by atoms with Crippen molar-refractivity contribution in [1.82, 2.24) is 0 Å². The molecule has 0 aliphatic carbocycles. The molecule has 4 unspecified atom stereocenters. The Morgan fingerprint density at radius 2 is 1.33 bits per heavy atom. The summed E-state index contributed by atoms with van der Waals surface area (Å²) >= 11 is 0. The third-order valence-corrected chi connectivity index (χ3v) is 0. The van der Waals surface area contributed by atoms with Gasteiger partial charge in [0.05, 0.1) is 0 Å². The van der Waals surface area contributed by atoms with Crippen LogP contribution in [0.1, 0.15) is 8.80 Å². The summed E-state index contributed by atoms with van der Waals surface area (Å²) in [6.45, 7) is 0.417. The van der Waals surface area contributed by atoms with Crippen molar-refractivity contribution in [3.05, 3.63) is 0 Å². The van der Waals surface area contributed by atoms with E-state index in [4.69, 9.17) is 1.37 Å². The first kappa shape index (κ1) is 25.2. The van der Waals surface area contributed by atoms with E-state index in [2.05, 4.69) is 9.24 Å². The lowest BCUT2D eigenvalue weighted by Crippen LogP contribution is -0.804. The van der Waals surface area contributed by atoms with Crippen LogP contribution >= 0.6 is 38.9 Å². The van der Waals surface area contributed by atoms with Gasteiger partial charge in [0.1, 0.15) is 0 Å². The van der Waals surface area contributed by atoms with Crippen LogP contribution in [0.4, 0.5) is 0 Å². The van der Waals surface area contributed by atoms with Crippen LogP contribution in [-0.2, 0) is 0 Å². The molecular weight excluding hydrogens is 148 g/mol. The van der Waals surface area contributed by atoms with Gasteiger partial charge < -0.3 is 0 Å². The maximum Gasteiger partial charge on any atom is 0.0274 e. The van der Waals surface area contributed by atoms with E-state index in [0.29, 0.717) is 6.64 Å². The highest BCUT2D eigenvalue weighted by Gasteiger charge is 0.906. The van der Waals surface area contributed by atoms with Gasteiger partial charge in [-0.15, -0.1) is 9.24 Å². The number of hydrogen-bond donors (Lipinski definition) is 0. The fraction of sp³-hybridized carbons (Fsp3) is 1.00. The second-order valence-corrected chi connectivity index (χ2v) is 0. The second-order valence-electron chi connectivity index (χ2n) is 0. The van der Waals surface area contributed by atoms with Crippen LogP contribution in [0, 0.1) is 0 Å². The van der Waals surface area contributed by atoms with E-state index >= 15 is 0 Å². The molecule has 0 aromatic heterocycles. The summed E-state index contributed by atoms with van der Waals surface area (Å²) in [6.07, 6.45) is 0. The summed E-state index contributed by atoms with van der Waals surface area (Å²) in [7, 11) is 2.25. The van der Waals surface area contributed by atoms with Gasteiger partial charge >= 0.3 is 0 Å². The molecule has 0 saturated heterocycles. The van der Waals surface area contributed by atoms with Gasteiger partial charge in [-0.05, 0) is 0 Å². The molecule has 0 rings (SSSR count). The summed E-state index contributed by atoms with van der Waals surface area (Å²) in [5.41, 5.74) is 0. The Labute approximate surface area is 55.1 Å². The lowest BCUT2D eigenvalue weighted by atomic mass is 12.0. The monoisotopic (exact) mass is 168 g/mol. The van der Waals surface area contributed by atoms with Crippen molar-refractivity contribution < 1.29 is 1.37 Å². The first-order chi connectivity index (χ1) is 1.41. The van der Waals surface area contributed by atoms with Crippen molar-refractivity contribution >= 4 is 38.9 Å². The summed E-state index contributed by atoms with van der Waals surface area (Å²) < 4.78 is 6.17. The van der Waals surface area contributed by atoms with Gasteiger partial charge in [0.25, 0.3) is 0 Å². The van der Waals surface area contributed by atoms with Crippen molar-refractivity contribution in [3.8, 4) is 0 Å². The molecule has 0 N–H and O–H groups in total. The van der Waals surface area contributed by atoms with Gasteiger partial charge in [0, 0.05) is 1.37 Å². The predicted molar refractivity (Wildman–Crippen MR) is 55.7 cm³/mol. The summed E-state index contributed by atoms with van der Waals surface area (Å²) in [4.78, 5) is 0. The van der Waals surface area contributed by atoms with E-state index < -0.39 is 0 Å². The first-order valence-electron chi connectivity index (χ1n) is 1.12. The van der Waals surface area contributed by atoms with E-state index in [0.717, 1.165) is 0 Å². The largest absolute Gasteiger partial charge is 0.153 e. The molecule has 0 aromatic carbocycles. The molecule has 0 saturated carbocycles. The molecule has 0 bridgehead atoms. The lowest BCUT2D eigenvalue weighted by molar-refractivity contribution is 2.50. The Morgan fingerprint density at radius 1 is 1.33 bits per heavy atom. The molecule has 0 aromatic rings. The van der Waals surface area contributed by atoms with E-state index in [-0.39, 0.29) is 37.1 Å². The summed E-state index contributed by atoms with van der Waals surface area (Å²) in [6, 6.07) is 0. The van der Waals surface area contributed by atoms with Crippen LogP contribution in [-0.4, -0.2) is 6.64 Å². The highest BCUT2D eigenvalue weighted by atomic mass is 31.0. The highest BCUT2D eigenvalue weighted by Crippen LogP contribution is 1.46. The average Bonchev–Trinajstić information content (AvgIpc) is 0.918. The molecule has 0 aliphatic heterocycles. The quantitative estimate of drug-likeness (QED) is 0.478. The van der Waals surface area contributed by atoms with Gasteiger partial charge in [-0.2, -0.15) is 29.7 Å². The normalized spacial score (nSPS) is 3.17. The fourth-order valence-electron chi connectivity index (χ4n) is 0. The Balaban J connectivity index is -0.00000000333. The Hall–Kier alpha value is 1.72.